The molecule has 1 aliphatic heterocycles. The maximum atomic E-state index is 12.6. The number of alkyl halides is 1. The van der Waals surface area contributed by atoms with E-state index in [1.165, 1.54) is 0 Å². The average Bonchev–Trinajstić information content (AvgIpc) is 2.30. The number of halogens is 1. The molecular weight excluding hydrogens is 151 g/mol. The fourth-order valence-corrected chi connectivity index (χ4v) is 1.32. The van der Waals surface area contributed by atoms with Crippen LogP contribution in [-0.2, 0) is 0 Å². The Kier molecular flexibility index (Phi) is 2.28. The molecule has 1 rings (SSSR count). The maximum absolute atomic E-state index is 12.6. The van der Waals surface area contributed by atoms with Crippen molar-refractivity contribution in [2.75, 3.05) is 13.1 Å². The molecule has 1 amide bonds. The molecule has 0 bridgehead atoms. The van der Waals surface area contributed by atoms with E-state index in [9.17, 15) is 9.18 Å². The van der Waals surface area contributed by atoms with E-state index in [2.05, 4.69) is 0 Å². The van der Waals surface area contributed by atoms with Crippen molar-refractivity contribution >= 4 is 6.09 Å². The smallest absolute Gasteiger partial charge is 0.407 e. The van der Waals surface area contributed by atoms with Gasteiger partial charge in [0.15, 0.2) is 0 Å². The molecule has 5 heteroatoms. The van der Waals surface area contributed by atoms with E-state index in [1.807, 2.05) is 0 Å². The Bertz CT molecular complexity index is 165. The van der Waals surface area contributed by atoms with Crippen LogP contribution in [0.4, 0.5) is 9.18 Å². The van der Waals surface area contributed by atoms with Crippen LogP contribution in [0.15, 0.2) is 0 Å². The van der Waals surface area contributed by atoms with Crippen LogP contribution < -0.4 is 5.73 Å². The molecule has 2 atom stereocenters. The molecule has 0 aromatic heterocycles. The molecule has 1 fully saturated rings. The molecule has 0 aromatic carbocycles. The third-order valence-corrected chi connectivity index (χ3v) is 1.88. The van der Waals surface area contributed by atoms with E-state index in [4.69, 9.17) is 10.8 Å². The van der Waals surface area contributed by atoms with Crippen molar-refractivity contribution in [1.82, 2.24) is 4.90 Å². The highest BCUT2D eigenvalue weighted by Gasteiger charge is 2.34. The number of carbonyl (C=O) groups is 1. The first-order chi connectivity index (χ1) is 5.15. The summed E-state index contributed by atoms with van der Waals surface area (Å²) in [6, 6.07) is -0.331. The number of hydrogen-bond acceptors (Lipinski definition) is 2. The predicted octanol–water partition coefficient (Wildman–Crippen LogP) is 0.0355. The van der Waals surface area contributed by atoms with Crippen LogP contribution in [0.25, 0.3) is 0 Å². The summed E-state index contributed by atoms with van der Waals surface area (Å²) in [5.74, 6) is 0. The fourth-order valence-electron chi connectivity index (χ4n) is 1.32. The molecule has 4 nitrogen and oxygen atoms in total. The summed E-state index contributed by atoms with van der Waals surface area (Å²) in [7, 11) is 0. The normalized spacial score (nSPS) is 30.9. The van der Waals surface area contributed by atoms with Gasteiger partial charge in [0, 0.05) is 13.0 Å². The first kappa shape index (κ1) is 8.26. The Morgan fingerprint density at radius 3 is 2.82 bits per heavy atom. The minimum atomic E-state index is -1.08. The van der Waals surface area contributed by atoms with Crippen LogP contribution in [-0.4, -0.2) is 41.4 Å². The Hall–Kier alpha value is -0.840. The zero-order valence-electron chi connectivity index (χ0n) is 6.03. The van der Waals surface area contributed by atoms with Crippen LogP contribution in [0.1, 0.15) is 6.42 Å². The zero-order chi connectivity index (χ0) is 8.43. The van der Waals surface area contributed by atoms with Crippen molar-refractivity contribution in [3.63, 3.8) is 0 Å². The molecule has 64 valence electrons. The minimum Gasteiger partial charge on any atom is -0.465 e. The summed E-state index contributed by atoms with van der Waals surface area (Å²) >= 11 is 0. The first-order valence-electron chi connectivity index (χ1n) is 3.49. The molecule has 11 heavy (non-hydrogen) atoms. The van der Waals surface area contributed by atoms with Gasteiger partial charge in [-0.1, -0.05) is 0 Å². The highest BCUT2D eigenvalue weighted by molar-refractivity contribution is 5.66. The molecule has 0 saturated carbocycles. The Labute approximate surface area is 63.8 Å². The lowest BCUT2D eigenvalue weighted by Crippen LogP contribution is -2.39. The van der Waals surface area contributed by atoms with Crippen molar-refractivity contribution in [2.24, 2.45) is 5.73 Å². The van der Waals surface area contributed by atoms with E-state index < -0.39 is 12.3 Å². The first-order valence-corrected chi connectivity index (χ1v) is 3.49. The molecular formula is C6H11FN2O2. The molecule has 0 radical (unpaired) electrons. The predicted molar refractivity (Wildman–Crippen MR) is 37.1 cm³/mol. The monoisotopic (exact) mass is 162 g/mol. The second-order valence-corrected chi connectivity index (χ2v) is 2.66. The number of amides is 1. The van der Waals surface area contributed by atoms with E-state index in [-0.39, 0.29) is 25.6 Å². The maximum Gasteiger partial charge on any atom is 0.407 e. The molecule has 1 saturated heterocycles. The quantitative estimate of drug-likeness (QED) is 0.571. The second kappa shape index (κ2) is 3.04. The summed E-state index contributed by atoms with van der Waals surface area (Å²) in [4.78, 5) is 11.5. The van der Waals surface area contributed by atoms with Gasteiger partial charge in [-0.2, -0.15) is 0 Å². The third kappa shape index (κ3) is 1.59. The Morgan fingerprint density at radius 1 is 1.82 bits per heavy atom. The van der Waals surface area contributed by atoms with Crippen molar-refractivity contribution in [3.05, 3.63) is 0 Å². The summed E-state index contributed by atoms with van der Waals surface area (Å²) < 4.78 is 12.6. The highest BCUT2D eigenvalue weighted by Crippen LogP contribution is 2.19. The van der Waals surface area contributed by atoms with Crippen LogP contribution in [0.5, 0.6) is 0 Å². The highest BCUT2D eigenvalue weighted by atomic mass is 19.1. The van der Waals surface area contributed by atoms with Gasteiger partial charge in [-0.25, -0.2) is 9.18 Å². The number of likely N-dealkylation sites (tertiary alicyclic amines) is 1. The molecule has 1 heterocycles. The van der Waals surface area contributed by atoms with E-state index >= 15 is 0 Å². The largest absolute Gasteiger partial charge is 0.465 e. The van der Waals surface area contributed by atoms with E-state index in [1.54, 1.807) is 0 Å². The van der Waals surface area contributed by atoms with Gasteiger partial charge in [0.25, 0.3) is 0 Å². The van der Waals surface area contributed by atoms with E-state index in [0.29, 0.717) is 0 Å². The number of carboxylic acid groups (broad SMARTS) is 1. The molecule has 1 aliphatic rings. The number of rotatable bonds is 1. The summed E-state index contributed by atoms with van der Waals surface area (Å²) in [6.07, 6.45) is -1.89. The lowest BCUT2D eigenvalue weighted by molar-refractivity contribution is 0.139. The van der Waals surface area contributed by atoms with Gasteiger partial charge in [-0.15, -0.1) is 0 Å². The standard InChI is InChI=1S/C6H11FN2O2/c7-4-1-5(2-8)9(3-4)6(10)11/h4-5H,1-3,8H2,(H,10,11)/t4?,5-/m0/s1. The Morgan fingerprint density at radius 2 is 2.45 bits per heavy atom. The molecule has 0 spiro atoms. The van der Waals surface area contributed by atoms with Gasteiger partial charge in [0.1, 0.15) is 6.17 Å². The van der Waals surface area contributed by atoms with Crippen molar-refractivity contribution < 1.29 is 14.3 Å². The molecule has 1 unspecified atom stereocenters. The van der Waals surface area contributed by atoms with Gasteiger partial charge < -0.3 is 15.7 Å². The van der Waals surface area contributed by atoms with Crippen molar-refractivity contribution in [3.8, 4) is 0 Å². The van der Waals surface area contributed by atoms with Gasteiger partial charge >= 0.3 is 6.09 Å². The number of nitrogens with zero attached hydrogens (tertiary/aromatic N) is 1. The molecule has 0 aliphatic carbocycles. The van der Waals surface area contributed by atoms with Crippen LogP contribution in [0, 0.1) is 0 Å². The van der Waals surface area contributed by atoms with Gasteiger partial charge in [0.2, 0.25) is 0 Å². The van der Waals surface area contributed by atoms with Crippen LogP contribution in [0.2, 0.25) is 0 Å². The van der Waals surface area contributed by atoms with Gasteiger partial charge in [0.05, 0.1) is 12.6 Å². The topological polar surface area (TPSA) is 66.6 Å². The van der Waals surface area contributed by atoms with Crippen LogP contribution >= 0.6 is 0 Å². The Balaban J connectivity index is 2.57. The second-order valence-electron chi connectivity index (χ2n) is 2.66. The lowest BCUT2D eigenvalue weighted by Gasteiger charge is -2.18. The number of hydrogen-bond donors (Lipinski definition) is 2. The van der Waals surface area contributed by atoms with Crippen molar-refractivity contribution in [2.45, 2.75) is 18.6 Å². The fraction of sp³-hybridized carbons (Fsp3) is 0.833. The number of nitrogens with two attached hydrogens (primary N) is 1. The summed E-state index contributed by atoms with van der Waals surface area (Å²) in [5, 5.41) is 8.54. The third-order valence-electron chi connectivity index (χ3n) is 1.88. The van der Waals surface area contributed by atoms with Crippen molar-refractivity contribution in [1.29, 1.82) is 0 Å². The summed E-state index contributed by atoms with van der Waals surface area (Å²) in [6.45, 7) is 0.171. The van der Waals surface area contributed by atoms with E-state index in [0.717, 1.165) is 4.90 Å². The minimum absolute atomic E-state index is 0.0306. The van der Waals surface area contributed by atoms with Crippen LogP contribution in [0.3, 0.4) is 0 Å². The van der Waals surface area contributed by atoms with Gasteiger partial charge in [-0.3, -0.25) is 0 Å². The lowest BCUT2D eigenvalue weighted by atomic mass is 10.2. The van der Waals surface area contributed by atoms with Gasteiger partial charge in [-0.05, 0) is 0 Å². The molecule has 3 N–H and O–H groups in total. The SMILES string of the molecule is NC[C@@H]1CC(F)CN1C(=O)O. The summed E-state index contributed by atoms with van der Waals surface area (Å²) in [5.41, 5.74) is 5.25. The average molecular weight is 162 g/mol. The molecule has 0 aromatic rings. The zero-order valence-corrected chi connectivity index (χ0v) is 6.03.